The molecule has 1 aromatic heterocycles. The molecule has 1 N–H and O–H groups in total. The van der Waals surface area contributed by atoms with Crippen molar-refractivity contribution in [2.24, 2.45) is 0 Å². The van der Waals surface area contributed by atoms with Gasteiger partial charge in [-0.2, -0.15) is 13.9 Å². The monoisotopic (exact) mass is 336 g/mol. The number of rotatable bonds is 5. The van der Waals surface area contributed by atoms with Crippen molar-refractivity contribution in [2.75, 3.05) is 20.2 Å². The quantitative estimate of drug-likeness (QED) is 0.879. The van der Waals surface area contributed by atoms with Gasteiger partial charge in [-0.05, 0) is 12.8 Å². The first-order valence-electron chi connectivity index (χ1n) is 6.97. The predicted octanol–water partition coefficient (Wildman–Crippen LogP) is 1.25. The number of hydrogen-bond acceptors (Lipinski definition) is 4. The molecule has 124 valence electrons. The fourth-order valence-electron chi connectivity index (χ4n) is 2.70. The zero-order valence-electron chi connectivity index (χ0n) is 12.2. The van der Waals surface area contributed by atoms with Crippen LogP contribution >= 0.6 is 12.4 Å². The molecule has 0 atom stereocenters. The third-order valence-electron chi connectivity index (χ3n) is 4.29. The molecular weight excluding hydrogens is 318 g/mol. The molecule has 6 nitrogen and oxygen atoms in total. The van der Waals surface area contributed by atoms with Gasteiger partial charge in [-0.1, -0.05) is 0 Å². The number of halogens is 3. The van der Waals surface area contributed by atoms with Gasteiger partial charge >= 0.3 is 6.61 Å². The number of hydrogen-bond donors (Lipinski definition) is 1. The van der Waals surface area contributed by atoms with E-state index in [0.717, 1.165) is 18.8 Å². The molecule has 2 heterocycles. The Morgan fingerprint density at radius 2 is 2.32 bits per heavy atom. The molecule has 0 saturated heterocycles. The number of nitrogens with one attached hydrogen (secondary N) is 1. The number of ether oxygens (including phenoxy) is 1. The normalized spacial score (nSPS) is 18.5. The number of aromatic nitrogens is 2. The molecule has 1 fully saturated rings. The van der Waals surface area contributed by atoms with Gasteiger partial charge in [0.05, 0.1) is 36.1 Å². The molecule has 2 aliphatic rings. The van der Waals surface area contributed by atoms with Crippen LogP contribution < -0.4 is 5.32 Å². The second kappa shape index (κ2) is 6.47. The van der Waals surface area contributed by atoms with Crippen molar-refractivity contribution in [3.8, 4) is 0 Å². The predicted molar refractivity (Wildman–Crippen MR) is 77.2 cm³/mol. The van der Waals surface area contributed by atoms with Gasteiger partial charge in [-0.25, -0.2) is 0 Å². The minimum Gasteiger partial charge on any atom is -0.334 e. The van der Waals surface area contributed by atoms with E-state index in [0.29, 0.717) is 24.9 Å². The Hall–Kier alpha value is -1.25. The summed E-state index contributed by atoms with van der Waals surface area (Å²) in [6.45, 7) is -0.792. The fourth-order valence-corrected chi connectivity index (χ4v) is 2.70. The maximum atomic E-state index is 12.6. The summed E-state index contributed by atoms with van der Waals surface area (Å²) < 4.78 is 30.6. The molecule has 3 rings (SSSR count). The smallest absolute Gasteiger partial charge is 0.334 e. The van der Waals surface area contributed by atoms with Crippen LogP contribution in [0, 0.1) is 0 Å². The zero-order chi connectivity index (χ0) is 15.0. The van der Waals surface area contributed by atoms with Crippen LogP contribution in [0.15, 0.2) is 6.20 Å². The van der Waals surface area contributed by atoms with Crippen molar-refractivity contribution in [2.45, 2.75) is 38.1 Å². The van der Waals surface area contributed by atoms with Gasteiger partial charge in [0.1, 0.15) is 0 Å². The van der Waals surface area contributed by atoms with Crippen LogP contribution in [0.4, 0.5) is 8.78 Å². The molecule has 9 heteroatoms. The molecule has 1 aliphatic carbocycles. The van der Waals surface area contributed by atoms with Gasteiger partial charge in [0.2, 0.25) is 0 Å². The Morgan fingerprint density at radius 3 is 2.95 bits per heavy atom. The number of likely N-dealkylation sites (N-methyl/N-ethyl adjacent to an activating group) is 1. The van der Waals surface area contributed by atoms with E-state index in [-0.39, 0.29) is 24.9 Å². The summed E-state index contributed by atoms with van der Waals surface area (Å²) >= 11 is 0. The topological polar surface area (TPSA) is 59.4 Å². The van der Waals surface area contributed by atoms with Gasteiger partial charge in [0.15, 0.2) is 0 Å². The standard InChI is InChI=1S/C13H18F2N4O2.ClH/c1-18(13(2-3-13)8-21-12(14)15)11(20)9-6-17-19-5-4-16-7-10(9)19;/h6,12,16H,2-5,7-8H2,1H3;1H. The average molecular weight is 337 g/mol. The molecule has 0 spiro atoms. The van der Waals surface area contributed by atoms with Crippen LogP contribution in [0.5, 0.6) is 0 Å². The third-order valence-corrected chi connectivity index (χ3v) is 4.29. The summed E-state index contributed by atoms with van der Waals surface area (Å²) in [7, 11) is 1.64. The highest BCUT2D eigenvalue weighted by Crippen LogP contribution is 2.42. The number of carbonyl (C=O) groups excluding carboxylic acids is 1. The minimum absolute atomic E-state index is 0. The van der Waals surface area contributed by atoms with Gasteiger partial charge in [-0.15, -0.1) is 12.4 Å². The third kappa shape index (κ3) is 3.09. The summed E-state index contributed by atoms with van der Waals surface area (Å²) in [5, 5.41) is 7.42. The number of nitrogens with zero attached hydrogens (tertiary/aromatic N) is 3. The Labute approximate surface area is 133 Å². The maximum Gasteiger partial charge on any atom is 0.345 e. The van der Waals surface area contributed by atoms with Gasteiger partial charge in [-0.3, -0.25) is 9.48 Å². The van der Waals surface area contributed by atoms with Crippen molar-refractivity contribution in [3.63, 3.8) is 0 Å². The molecule has 1 aromatic rings. The minimum atomic E-state index is -2.81. The molecular formula is C13H19ClF2N4O2. The lowest BCUT2D eigenvalue weighted by Gasteiger charge is -2.28. The van der Waals surface area contributed by atoms with Crippen LogP contribution in [-0.4, -0.2) is 52.9 Å². The summed E-state index contributed by atoms with van der Waals surface area (Å²) in [6, 6.07) is 0. The molecule has 1 amide bonds. The van der Waals surface area contributed by atoms with Crippen LogP contribution in [-0.2, 0) is 17.8 Å². The van der Waals surface area contributed by atoms with Crippen LogP contribution in [0.3, 0.4) is 0 Å². The SMILES string of the molecule is CN(C(=O)c1cnn2c1CNCC2)C1(COC(F)F)CC1.Cl. The van der Waals surface area contributed by atoms with Gasteiger partial charge in [0.25, 0.3) is 5.91 Å². The second-order valence-electron chi connectivity index (χ2n) is 5.57. The molecule has 0 unspecified atom stereocenters. The first-order valence-corrected chi connectivity index (χ1v) is 6.97. The van der Waals surface area contributed by atoms with Crippen LogP contribution in [0.1, 0.15) is 28.9 Å². The van der Waals surface area contributed by atoms with Crippen molar-refractivity contribution < 1.29 is 18.3 Å². The Bertz CT molecular complexity index is 548. The van der Waals surface area contributed by atoms with Crippen molar-refractivity contribution in [1.29, 1.82) is 0 Å². The average Bonchev–Trinajstić information content (AvgIpc) is 3.16. The van der Waals surface area contributed by atoms with Crippen molar-refractivity contribution in [1.82, 2.24) is 20.0 Å². The Balaban J connectivity index is 0.00000176. The highest BCUT2D eigenvalue weighted by molar-refractivity contribution is 5.95. The zero-order valence-corrected chi connectivity index (χ0v) is 13.0. The number of alkyl halides is 2. The summed E-state index contributed by atoms with van der Waals surface area (Å²) in [5.74, 6) is -0.185. The first-order chi connectivity index (χ1) is 10.0. The highest BCUT2D eigenvalue weighted by Gasteiger charge is 2.49. The van der Waals surface area contributed by atoms with E-state index in [1.54, 1.807) is 13.2 Å². The fraction of sp³-hybridized carbons (Fsp3) is 0.692. The molecule has 0 radical (unpaired) electrons. The van der Waals surface area contributed by atoms with Crippen LogP contribution in [0.25, 0.3) is 0 Å². The van der Waals surface area contributed by atoms with E-state index < -0.39 is 12.2 Å². The molecule has 0 aromatic carbocycles. The van der Waals surface area contributed by atoms with E-state index >= 15 is 0 Å². The molecule has 22 heavy (non-hydrogen) atoms. The van der Waals surface area contributed by atoms with Gasteiger partial charge in [0, 0.05) is 20.1 Å². The Morgan fingerprint density at radius 1 is 1.59 bits per heavy atom. The summed E-state index contributed by atoms with van der Waals surface area (Å²) in [5.41, 5.74) is 0.793. The van der Waals surface area contributed by atoms with Crippen molar-refractivity contribution >= 4 is 18.3 Å². The second-order valence-corrected chi connectivity index (χ2v) is 5.57. The Kier molecular flexibility index (Phi) is 5.03. The molecule has 1 saturated carbocycles. The summed E-state index contributed by atoms with van der Waals surface area (Å²) in [6.07, 6.45) is 2.93. The lowest BCUT2D eigenvalue weighted by Crippen LogP contribution is -2.43. The number of fused-ring (bicyclic) bond motifs is 1. The van der Waals surface area contributed by atoms with E-state index in [1.165, 1.54) is 4.90 Å². The lowest BCUT2D eigenvalue weighted by atomic mass is 10.1. The van der Waals surface area contributed by atoms with E-state index in [9.17, 15) is 13.6 Å². The first kappa shape index (κ1) is 17.1. The molecule has 1 aliphatic heterocycles. The van der Waals surface area contributed by atoms with E-state index in [1.807, 2.05) is 4.68 Å². The largest absolute Gasteiger partial charge is 0.345 e. The van der Waals surface area contributed by atoms with E-state index in [2.05, 4.69) is 15.2 Å². The number of amides is 1. The van der Waals surface area contributed by atoms with Gasteiger partial charge < -0.3 is 15.0 Å². The van der Waals surface area contributed by atoms with E-state index in [4.69, 9.17) is 0 Å². The molecule has 0 bridgehead atoms. The van der Waals surface area contributed by atoms with Crippen LogP contribution in [0.2, 0.25) is 0 Å². The summed E-state index contributed by atoms with van der Waals surface area (Å²) in [4.78, 5) is 14.1. The maximum absolute atomic E-state index is 12.6. The lowest BCUT2D eigenvalue weighted by molar-refractivity contribution is -0.141. The highest BCUT2D eigenvalue weighted by atomic mass is 35.5. The van der Waals surface area contributed by atoms with Crippen molar-refractivity contribution in [3.05, 3.63) is 17.5 Å². The number of carbonyl (C=O) groups is 1.